The highest BCUT2D eigenvalue weighted by molar-refractivity contribution is 6.52. The van der Waals surface area contributed by atoms with Gasteiger partial charge in [-0.15, -0.1) is 23.2 Å². The van der Waals surface area contributed by atoms with Crippen molar-refractivity contribution in [1.82, 2.24) is 5.32 Å². The molecule has 1 amide bonds. The second-order valence-corrected chi connectivity index (χ2v) is 9.20. The molecule has 1 atom stereocenters. The van der Waals surface area contributed by atoms with E-state index in [-0.39, 0.29) is 11.8 Å². The lowest BCUT2D eigenvalue weighted by Crippen LogP contribution is -2.51. The summed E-state index contributed by atoms with van der Waals surface area (Å²) in [5.41, 5.74) is 0.403. The van der Waals surface area contributed by atoms with Crippen LogP contribution in [-0.2, 0) is 4.79 Å². The van der Waals surface area contributed by atoms with Crippen LogP contribution in [0.3, 0.4) is 0 Å². The van der Waals surface area contributed by atoms with Gasteiger partial charge in [0.15, 0.2) is 0 Å². The lowest BCUT2D eigenvalue weighted by molar-refractivity contribution is -0.124. The number of alkyl halides is 2. The summed E-state index contributed by atoms with van der Waals surface area (Å²) in [5, 5.41) is 3.15. The molecule has 0 spiro atoms. The normalized spacial score (nSPS) is 49.2. The van der Waals surface area contributed by atoms with Gasteiger partial charge in [0.1, 0.15) is 4.33 Å². The van der Waals surface area contributed by atoms with Gasteiger partial charge in [-0.2, -0.15) is 0 Å². The van der Waals surface area contributed by atoms with Crippen molar-refractivity contribution in [1.29, 1.82) is 0 Å². The van der Waals surface area contributed by atoms with Crippen LogP contribution >= 0.6 is 23.2 Å². The standard InChI is InChI=1S/C15H21Cl2NO/c16-15(17)7-12(15)13(19)18-8-14-4-9-1-10(5-14)3-11(2-9)6-14/h9-12H,1-8H2,(H,18,19)/t9?,10?,11?,12-,14?/m1/s1. The van der Waals surface area contributed by atoms with E-state index in [4.69, 9.17) is 23.2 Å². The molecule has 5 aliphatic carbocycles. The quantitative estimate of drug-likeness (QED) is 0.794. The van der Waals surface area contributed by atoms with Gasteiger partial charge in [-0.3, -0.25) is 4.79 Å². The van der Waals surface area contributed by atoms with Crippen molar-refractivity contribution < 1.29 is 4.79 Å². The predicted octanol–water partition coefficient (Wildman–Crippen LogP) is 3.51. The Morgan fingerprint density at radius 3 is 1.89 bits per heavy atom. The van der Waals surface area contributed by atoms with E-state index in [1.165, 1.54) is 38.5 Å². The minimum atomic E-state index is -0.786. The number of rotatable bonds is 3. The highest BCUT2D eigenvalue weighted by atomic mass is 35.5. The minimum Gasteiger partial charge on any atom is -0.355 e. The molecule has 0 aromatic carbocycles. The maximum absolute atomic E-state index is 12.0. The molecule has 5 fully saturated rings. The molecule has 0 aromatic rings. The summed E-state index contributed by atoms with van der Waals surface area (Å²) in [7, 11) is 0. The number of hydrogen-bond donors (Lipinski definition) is 1. The van der Waals surface area contributed by atoms with Crippen LogP contribution < -0.4 is 5.32 Å². The van der Waals surface area contributed by atoms with E-state index in [0.29, 0.717) is 11.8 Å². The van der Waals surface area contributed by atoms with Gasteiger partial charge in [-0.1, -0.05) is 0 Å². The number of amides is 1. The Balaban J connectivity index is 1.39. The lowest BCUT2D eigenvalue weighted by Gasteiger charge is -2.56. The molecular weight excluding hydrogens is 281 g/mol. The molecule has 0 saturated heterocycles. The molecule has 4 heteroatoms. The van der Waals surface area contributed by atoms with E-state index in [2.05, 4.69) is 5.32 Å². The zero-order valence-electron chi connectivity index (χ0n) is 11.1. The number of halogens is 2. The third kappa shape index (κ3) is 2.19. The van der Waals surface area contributed by atoms with Crippen molar-refractivity contribution in [3.8, 4) is 0 Å². The first kappa shape index (κ1) is 12.8. The molecule has 0 radical (unpaired) electrons. The van der Waals surface area contributed by atoms with Gasteiger partial charge in [0.2, 0.25) is 5.91 Å². The smallest absolute Gasteiger partial charge is 0.226 e. The van der Waals surface area contributed by atoms with Gasteiger partial charge >= 0.3 is 0 Å². The van der Waals surface area contributed by atoms with Gasteiger partial charge in [0.05, 0.1) is 5.92 Å². The fraction of sp³-hybridized carbons (Fsp3) is 0.933. The number of carbonyl (C=O) groups is 1. The number of carbonyl (C=O) groups excluding carboxylic acids is 1. The molecule has 106 valence electrons. The van der Waals surface area contributed by atoms with Crippen LogP contribution in [0, 0.1) is 29.1 Å². The lowest BCUT2D eigenvalue weighted by atomic mass is 9.49. The molecule has 0 unspecified atom stereocenters. The maximum atomic E-state index is 12.0. The predicted molar refractivity (Wildman–Crippen MR) is 76.2 cm³/mol. The Labute approximate surface area is 124 Å². The molecule has 5 rings (SSSR count). The molecule has 0 aromatic heterocycles. The van der Waals surface area contributed by atoms with E-state index in [1.54, 1.807) is 0 Å². The van der Waals surface area contributed by atoms with E-state index >= 15 is 0 Å². The average molecular weight is 302 g/mol. The fourth-order valence-electron chi connectivity index (χ4n) is 5.40. The van der Waals surface area contributed by atoms with Crippen LogP contribution in [0.4, 0.5) is 0 Å². The zero-order valence-corrected chi connectivity index (χ0v) is 12.6. The topological polar surface area (TPSA) is 29.1 Å². The number of nitrogens with one attached hydrogen (secondary N) is 1. The Morgan fingerprint density at radius 2 is 1.47 bits per heavy atom. The maximum Gasteiger partial charge on any atom is 0.226 e. The van der Waals surface area contributed by atoms with Crippen LogP contribution in [0.15, 0.2) is 0 Å². The van der Waals surface area contributed by atoms with Crippen LogP contribution in [-0.4, -0.2) is 16.8 Å². The van der Waals surface area contributed by atoms with Crippen LogP contribution in [0.5, 0.6) is 0 Å². The average Bonchev–Trinajstić information content (AvgIpc) is 2.94. The van der Waals surface area contributed by atoms with Crippen molar-refractivity contribution in [2.45, 2.75) is 49.3 Å². The largest absolute Gasteiger partial charge is 0.355 e. The molecule has 4 bridgehead atoms. The molecule has 0 aliphatic heterocycles. The van der Waals surface area contributed by atoms with Crippen molar-refractivity contribution in [2.75, 3.05) is 6.54 Å². The molecular formula is C15H21Cl2NO. The molecule has 5 aliphatic rings. The van der Waals surface area contributed by atoms with Crippen molar-refractivity contribution in [2.24, 2.45) is 29.1 Å². The third-order valence-corrected chi connectivity index (χ3v) is 6.78. The van der Waals surface area contributed by atoms with Crippen molar-refractivity contribution in [3.05, 3.63) is 0 Å². The van der Waals surface area contributed by atoms with E-state index in [0.717, 1.165) is 24.3 Å². The first-order valence-corrected chi connectivity index (χ1v) is 8.37. The first-order chi connectivity index (χ1) is 8.96. The number of hydrogen-bond acceptors (Lipinski definition) is 1. The van der Waals surface area contributed by atoms with Crippen LogP contribution in [0.1, 0.15) is 44.9 Å². The Hall–Kier alpha value is 0.0500. The van der Waals surface area contributed by atoms with Gasteiger partial charge in [-0.05, 0) is 68.1 Å². The van der Waals surface area contributed by atoms with Gasteiger partial charge in [0.25, 0.3) is 0 Å². The van der Waals surface area contributed by atoms with Crippen LogP contribution in [0.2, 0.25) is 0 Å². The molecule has 5 saturated carbocycles. The van der Waals surface area contributed by atoms with Gasteiger partial charge in [-0.25, -0.2) is 0 Å². The van der Waals surface area contributed by atoms with Crippen molar-refractivity contribution in [3.63, 3.8) is 0 Å². The fourth-order valence-corrected chi connectivity index (χ4v) is 5.91. The molecule has 2 nitrogen and oxygen atoms in total. The Bertz CT molecular complexity index is 385. The SMILES string of the molecule is O=C(NCC12CC3CC(CC(C3)C1)C2)[C@H]1CC1(Cl)Cl. The molecule has 1 N–H and O–H groups in total. The van der Waals surface area contributed by atoms with Crippen LogP contribution in [0.25, 0.3) is 0 Å². The second kappa shape index (κ2) is 4.04. The van der Waals surface area contributed by atoms with Gasteiger partial charge < -0.3 is 5.32 Å². The Kier molecular flexibility index (Phi) is 2.71. The highest BCUT2D eigenvalue weighted by Crippen LogP contribution is 2.60. The van der Waals surface area contributed by atoms with E-state index in [1.807, 2.05) is 0 Å². The summed E-state index contributed by atoms with van der Waals surface area (Å²) in [6.45, 7) is 0.857. The molecule has 0 heterocycles. The minimum absolute atomic E-state index is 0.0701. The van der Waals surface area contributed by atoms with Gasteiger partial charge in [0, 0.05) is 6.54 Å². The van der Waals surface area contributed by atoms with Crippen molar-refractivity contribution >= 4 is 29.1 Å². The first-order valence-electron chi connectivity index (χ1n) is 7.61. The molecule has 19 heavy (non-hydrogen) atoms. The summed E-state index contributed by atoms with van der Waals surface area (Å²) in [5.74, 6) is 2.70. The summed E-state index contributed by atoms with van der Waals surface area (Å²) in [6.07, 6.45) is 8.94. The summed E-state index contributed by atoms with van der Waals surface area (Å²) >= 11 is 11.9. The van der Waals surface area contributed by atoms with E-state index < -0.39 is 4.33 Å². The zero-order chi connectivity index (χ0) is 13.3. The summed E-state index contributed by atoms with van der Waals surface area (Å²) in [4.78, 5) is 12.0. The summed E-state index contributed by atoms with van der Waals surface area (Å²) < 4.78 is -0.786. The highest BCUT2D eigenvalue weighted by Gasteiger charge is 2.57. The second-order valence-electron chi connectivity index (χ2n) is 7.65. The summed E-state index contributed by atoms with van der Waals surface area (Å²) in [6, 6.07) is 0. The Morgan fingerprint density at radius 1 is 1.00 bits per heavy atom. The van der Waals surface area contributed by atoms with E-state index in [9.17, 15) is 4.79 Å². The third-order valence-electron chi connectivity index (χ3n) is 5.95. The monoisotopic (exact) mass is 301 g/mol.